The average molecular weight is 311 g/mol. The van der Waals surface area contributed by atoms with Crippen molar-refractivity contribution in [3.8, 4) is 0 Å². The van der Waals surface area contributed by atoms with Gasteiger partial charge in [-0.2, -0.15) is 13.2 Å². The highest BCUT2D eigenvalue weighted by atomic mass is 19.4. The van der Waals surface area contributed by atoms with Gasteiger partial charge in [0.25, 0.3) is 0 Å². The third-order valence-electron chi connectivity index (χ3n) is 3.63. The molecule has 0 aliphatic carbocycles. The summed E-state index contributed by atoms with van der Waals surface area (Å²) in [5, 5.41) is 3.35. The molecule has 4 nitrogen and oxygen atoms in total. The van der Waals surface area contributed by atoms with Crippen LogP contribution in [-0.2, 0) is 4.79 Å². The number of nitrogens with two attached hydrogens (primary N) is 1. The molecule has 22 heavy (non-hydrogen) atoms. The van der Waals surface area contributed by atoms with E-state index < -0.39 is 11.7 Å². The molecule has 0 spiro atoms. The van der Waals surface area contributed by atoms with Crippen molar-refractivity contribution in [3.05, 3.63) is 53.4 Å². The summed E-state index contributed by atoms with van der Waals surface area (Å²) in [5.74, 6) is 5.58. The van der Waals surface area contributed by atoms with Gasteiger partial charge in [0, 0.05) is 11.3 Å². The molecule has 2 rings (SSSR count). The minimum atomic E-state index is -4.61. The van der Waals surface area contributed by atoms with E-state index in [1.165, 1.54) is 6.92 Å². The third kappa shape index (κ3) is 2.59. The molecule has 0 radical (unpaired) electrons. The van der Waals surface area contributed by atoms with Crippen LogP contribution in [0.4, 0.5) is 13.2 Å². The van der Waals surface area contributed by atoms with Gasteiger partial charge >= 0.3 is 6.18 Å². The van der Waals surface area contributed by atoms with E-state index in [1.807, 2.05) is 0 Å². The number of nitrogens with zero attached hydrogens (tertiary/aromatic N) is 1. The average Bonchev–Trinajstić information content (AvgIpc) is 2.49. The van der Waals surface area contributed by atoms with Crippen molar-refractivity contribution in [1.82, 2.24) is 10.3 Å². The molecule has 0 aromatic heterocycles. The van der Waals surface area contributed by atoms with E-state index in [0.29, 0.717) is 16.9 Å². The quantitative estimate of drug-likeness (QED) is 0.501. The summed E-state index contributed by atoms with van der Waals surface area (Å²) in [6.07, 6.45) is -3.13. The largest absolute Gasteiger partial charge is 0.416 e. The zero-order valence-electron chi connectivity index (χ0n) is 12.1. The lowest BCUT2D eigenvalue weighted by atomic mass is 9.94. The fraction of sp³-hybridized carbons (Fsp3) is 0.267. The van der Waals surface area contributed by atoms with Crippen LogP contribution in [0.1, 0.15) is 19.4 Å². The van der Waals surface area contributed by atoms with E-state index in [-0.39, 0.29) is 17.1 Å². The van der Waals surface area contributed by atoms with Crippen LogP contribution in [0.15, 0.2) is 47.8 Å². The Morgan fingerprint density at radius 2 is 1.91 bits per heavy atom. The number of halogens is 3. The van der Waals surface area contributed by atoms with Gasteiger partial charge in [-0.25, -0.2) is 5.84 Å². The van der Waals surface area contributed by atoms with Gasteiger partial charge in [0.2, 0.25) is 0 Å². The molecule has 118 valence electrons. The molecule has 0 saturated carbocycles. The molecule has 0 bridgehead atoms. The van der Waals surface area contributed by atoms with Gasteiger partial charge in [-0.05, 0) is 25.5 Å². The first-order chi connectivity index (χ1) is 10.2. The minimum Gasteiger partial charge on any atom is -0.340 e. The standard InChI is InChI=1S/C15H16F3N3O/c1-10(9-22)13-20-12(11-6-4-3-5-7-11)8-14(2,21(13)19)15(16,17)18/h3-9,20H,19H2,1-2H3/b13-10+. The maximum atomic E-state index is 13.5. The molecule has 7 heteroatoms. The first kappa shape index (κ1) is 16.1. The Balaban J connectivity index is 2.65. The molecule has 1 heterocycles. The number of aldehydes is 1. The topological polar surface area (TPSA) is 58.4 Å². The summed E-state index contributed by atoms with van der Waals surface area (Å²) in [6.45, 7) is 2.37. The third-order valence-corrected chi connectivity index (χ3v) is 3.63. The molecular formula is C15H16F3N3O. The summed E-state index contributed by atoms with van der Waals surface area (Å²) in [5.41, 5.74) is -1.52. The fourth-order valence-electron chi connectivity index (χ4n) is 2.14. The Bertz CT molecular complexity index is 637. The molecule has 1 aliphatic heterocycles. The molecule has 1 aliphatic rings. The maximum Gasteiger partial charge on any atom is 0.416 e. The Morgan fingerprint density at radius 1 is 1.32 bits per heavy atom. The first-order valence-corrected chi connectivity index (χ1v) is 6.53. The van der Waals surface area contributed by atoms with Gasteiger partial charge in [-0.3, -0.25) is 9.80 Å². The van der Waals surface area contributed by atoms with Crippen molar-refractivity contribution < 1.29 is 18.0 Å². The second kappa shape index (κ2) is 5.49. The number of allylic oxidation sites excluding steroid dienone is 1. The lowest BCUT2D eigenvalue weighted by Gasteiger charge is -2.44. The van der Waals surface area contributed by atoms with Crippen molar-refractivity contribution in [3.63, 3.8) is 0 Å². The van der Waals surface area contributed by atoms with Crippen LogP contribution in [0.5, 0.6) is 0 Å². The smallest absolute Gasteiger partial charge is 0.340 e. The Kier molecular flexibility index (Phi) is 4.02. The number of alkyl halides is 3. The van der Waals surface area contributed by atoms with Crippen LogP contribution in [0.3, 0.4) is 0 Å². The molecular weight excluding hydrogens is 295 g/mol. The molecule has 1 atom stereocenters. The number of hydrogen-bond donors (Lipinski definition) is 2. The zero-order chi connectivity index (χ0) is 16.5. The maximum absolute atomic E-state index is 13.5. The number of carbonyl (C=O) groups is 1. The second-order valence-electron chi connectivity index (χ2n) is 5.21. The highest BCUT2D eigenvalue weighted by Crippen LogP contribution is 2.41. The molecule has 1 unspecified atom stereocenters. The van der Waals surface area contributed by atoms with Gasteiger partial charge in [-0.15, -0.1) is 0 Å². The molecule has 0 amide bonds. The molecule has 1 aromatic rings. The van der Waals surface area contributed by atoms with Crippen LogP contribution in [0.25, 0.3) is 5.70 Å². The van der Waals surface area contributed by atoms with Crippen molar-refractivity contribution in [1.29, 1.82) is 0 Å². The van der Waals surface area contributed by atoms with Crippen molar-refractivity contribution in [2.24, 2.45) is 5.84 Å². The molecule has 1 aromatic carbocycles. The van der Waals surface area contributed by atoms with E-state index in [9.17, 15) is 18.0 Å². The van der Waals surface area contributed by atoms with Crippen molar-refractivity contribution in [2.45, 2.75) is 25.6 Å². The van der Waals surface area contributed by atoms with Gasteiger partial charge in [0.15, 0.2) is 5.54 Å². The Hall–Kier alpha value is -2.28. The van der Waals surface area contributed by atoms with E-state index in [2.05, 4.69) is 5.32 Å². The van der Waals surface area contributed by atoms with Gasteiger partial charge < -0.3 is 5.32 Å². The van der Waals surface area contributed by atoms with Crippen LogP contribution < -0.4 is 11.2 Å². The predicted octanol–water partition coefficient (Wildman–Crippen LogP) is 2.56. The Morgan fingerprint density at radius 3 is 2.41 bits per heavy atom. The number of nitrogens with one attached hydrogen (secondary N) is 1. The molecule has 0 fully saturated rings. The van der Waals surface area contributed by atoms with E-state index in [0.717, 1.165) is 13.0 Å². The van der Waals surface area contributed by atoms with E-state index in [4.69, 9.17) is 5.84 Å². The molecule has 3 N–H and O–H groups in total. The van der Waals surface area contributed by atoms with Gasteiger partial charge in [0.05, 0.1) is 0 Å². The number of hydrogen-bond acceptors (Lipinski definition) is 4. The fourth-order valence-corrected chi connectivity index (χ4v) is 2.14. The van der Waals surface area contributed by atoms with Crippen molar-refractivity contribution in [2.75, 3.05) is 0 Å². The van der Waals surface area contributed by atoms with Gasteiger partial charge in [0.1, 0.15) is 12.1 Å². The Labute approximate surface area is 126 Å². The normalized spacial score (nSPS) is 24.5. The van der Waals surface area contributed by atoms with Crippen LogP contribution >= 0.6 is 0 Å². The second-order valence-corrected chi connectivity index (χ2v) is 5.21. The first-order valence-electron chi connectivity index (χ1n) is 6.53. The highest BCUT2D eigenvalue weighted by Gasteiger charge is 2.56. The number of rotatable bonds is 2. The van der Waals surface area contributed by atoms with E-state index in [1.54, 1.807) is 30.3 Å². The zero-order valence-corrected chi connectivity index (χ0v) is 12.1. The SMILES string of the molecule is C/C(C=O)=C1/NC(c2ccccc2)=CC(C)(C(F)(F)F)N1N. The summed E-state index contributed by atoms with van der Waals surface area (Å²) < 4.78 is 40.5. The summed E-state index contributed by atoms with van der Waals surface area (Å²) >= 11 is 0. The monoisotopic (exact) mass is 311 g/mol. The predicted molar refractivity (Wildman–Crippen MR) is 76.8 cm³/mol. The van der Waals surface area contributed by atoms with E-state index >= 15 is 0 Å². The van der Waals surface area contributed by atoms with Crippen LogP contribution in [0.2, 0.25) is 0 Å². The lowest BCUT2D eigenvalue weighted by molar-refractivity contribution is -0.206. The number of hydrazine groups is 1. The van der Waals surface area contributed by atoms with Crippen LogP contribution in [-0.4, -0.2) is 23.0 Å². The number of carbonyl (C=O) groups excluding carboxylic acids is 1. The summed E-state index contributed by atoms with van der Waals surface area (Å²) in [6, 6.07) is 8.55. The summed E-state index contributed by atoms with van der Waals surface area (Å²) in [7, 11) is 0. The summed E-state index contributed by atoms with van der Waals surface area (Å²) in [4.78, 5) is 11.0. The minimum absolute atomic E-state index is 0.0730. The van der Waals surface area contributed by atoms with Crippen molar-refractivity contribution >= 4 is 12.0 Å². The lowest BCUT2D eigenvalue weighted by Crippen LogP contribution is -2.62. The molecule has 0 saturated heterocycles. The highest BCUT2D eigenvalue weighted by molar-refractivity contribution is 5.76. The van der Waals surface area contributed by atoms with Gasteiger partial charge in [-0.1, -0.05) is 30.3 Å². The number of benzene rings is 1. The van der Waals surface area contributed by atoms with Crippen LogP contribution in [0, 0.1) is 0 Å².